The molecule has 0 amide bonds. The molecular weight excluding hydrogens is 422 g/mol. The molecule has 0 saturated carbocycles. The van der Waals surface area contributed by atoms with Gasteiger partial charge in [0.15, 0.2) is 24.0 Å². The van der Waals surface area contributed by atoms with Crippen molar-refractivity contribution in [2.45, 2.75) is 13.8 Å². The van der Waals surface area contributed by atoms with Gasteiger partial charge in [0.1, 0.15) is 11.8 Å². The van der Waals surface area contributed by atoms with E-state index in [1.807, 2.05) is 0 Å². The highest BCUT2D eigenvalue weighted by Crippen LogP contribution is 2.37. The molecular formula is C18H16F2N4O7. The molecule has 0 atom stereocenters. The Balaban J connectivity index is 2.40. The largest absolute Gasteiger partial charge is 0.475 e. The molecule has 0 bridgehead atoms. The first-order chi connectivity index (χ1) is 14.6. The molecule has 0 aromatic heterocycles. The first kappa shape index (κ1) is 23.1. The number of anilines is 1. The minimum Gasteiger partial charge on any atom is -0.475 e. The lowest BCUT2D eigenvalue weighted by Crippen LogP contribution is -2.15. The second kappa shape index (κ2) is 10.0. The number of carbonyl (C=O) groups is 1. The summed E-state index contributed by atoms with van der Waals surface area (Å²) in [4.78, 5) is 32.3. The van der Waals surface area contributed by atoms with Gasteiger partial charge in [0.2, 0.25) is 0 Å². The minimum absolute atomic E-state index is 0.0648. The summed E-state index contributed by atoms with van der Waals surface area (Å²) in [6.45, 7) is 2.38. The van der Waals surface area contributed by atoms with Crippen molar-refractivity contribution >= 4 is 28.7 Å². The highest BCUT2D eigenvalue weighted by Gasteiger charge is 2.26. The highest BCUT2D eigenvalue weighted by atomic mass is 19.2. The molecule has 2 rings (SSSR count). The lowest BCUT2D eigenvalue weighted by Gasteiger charge is -2.10. The van der Waals surface area contributed by atoms with Gasteiger partial charge in [-0.05, 0) is 32.0 Å². The zero-order valence-electron chi connectivity index (χ0n) is 16.3. The zero-order valence-corrected chi connectivity index (χ0v) is 16.3. The number of nitrogens with one attached hydrogen (secondary N) is 1. The van der Waals surface area contributed by atoms with Crippen LogP contribution in [0.5, 0.6) is 5.75 Å². The van der Waals surface area contributed by atoms with Gasteiger partial charge in [0.05, 0.1) is 22.2 Å². The Morgan fingerprint density at radius 2 is 1.77 bits per heavy atom. The number of carbonyl (C=O) groups excluding carboxylic acids is 1. The molecule has 31 heavy (non-hydrogen) atoms. The Kier molecular flexibility index (Phi) is 7.49. The van der Waals surface area contributed by atoms with Crippen LogP contribution in [-0.4, -0.2) is 34.7 Å². The van der Waals surface area contributed by atoms with Crippen LogP contribution >= 0.6 is 0 Å². The molecule has 0 aliphatic rings. The molecule has 2 aromatic rings. The number of hydrogen-bond acceptors (Lipinski definition) is 9. The molecule has 13 heteroatoms. The quantitative estimate of drug-likeness (QED) is 0.271. The second-order valence-electron chi connectivity index (χ2n) is 5.88. The molecule has 11 nitrogen and oxygen atoms in total. The molecule has 164 valence electrons. The molecule has 1 N–H and O–H groups in total. The molecule has 0 aliphatic heterocycles. The summed E-state index contributed by atoms with van der Waals surface area (Å²) in [5.74, 6) is -3.40. The topological polar surface area (TPSA) is 146 Å². The van der Waals surface area contributed by atoms with Crippen LogP contribution in [0.2, 0.25) is 0 Å². The zero-order chi connectivity index (χ0) is 23.1. The maximum atomic E-state index is 13.4. The molecule has 0 fully saturated rings. The maximum Gasteiger partial charge on any atom is 0.344 e. The average molecular weight is 438 g/mol. The van der Waals surface area contributed by atoms with Crippen LogP contribution in [-0.2, 0) is 9.53 Å². The first-order valence-electron chi connectivity index (χ1n) is 8.65. The summed E-state index contributed by atoms with van der Waals surface area (Å²) < 4.78 is 36.2. The van der Waals surface area contributed by atoms with E-state index in [1.54, 1.807) is 6.92 Å². The SMILES string of the molecule is CCOC(=O)COc1cc(N/N=C(/C)c2ccc(F)c(F)c2)c([N+](=O)[O-])cc1[N+](=O)[O-]. The number of hydrogen-bond donors (Lipinski definition) is 1. The van der Waals surface area contributed by atoms with Gasteiger partial charge in [-0.3, -0.25) is 25.7 Å². The van der Waals surface area contributed by atoms with Crippen molar-refractivity contribution in [3.05, 3.63) is 67.8 Å². The van der Waals surface area contributed by atoms with Crippen LogP contribution in [0.4, 0.5) is 25.8 Å². The highest BCUT2D eigenvalue weighted by molar-refractivity contribution is 5.99. The second-order valence-corrected chi connectivity index (χ2v) is 5.88. The number of nitro groups is 2. The van der Waals surface area contributed by atoms with Gasteiger partial charge in [-0.1, -0.05) is 0 Å². The summed E-state index contributed by atoms with van der Waals surface area (Å²) in [5, 5.41) is 26.5. The summed E-state index contributed by atoms with van der Waals surface area (Å²) in [6.07, 6.45) is 0. The van der Waals surface area contributed by atoms with Crippen molar-refractivity contribution in [3.63, 3.8) is 0 Å². The Morgan fingerprint density at radius 1 is 1.10 bits per heavy atom. The van der Waals surface area contributed by atoms with Crippen LogP contribution in [0.3, 0.4) is 0 Å². The molecule has 0 radical (unpaired) electrons. The molecule has 0 saturated heterocycles. The Bertz CT molecular complexity index is 1060. The van der Waals surface area contributed by atoms with Gasteiger partial charge in [-0.15, -0.1) is 0 Å². The number of halogens is 2. The van der Waals surface area contributed by atoms with Crippen molar-refractivity contribution in [2.24, 2.45) is 5.10 Å². The van der Waals surface area contributed by atoms with Gasteiger partial charge in [-0.25, -0.2) is 13.6 Å². The Morgan fingerprint density at radius 3 is 2.35 bits per heavy atom. The van der Waals surface area contributed by atoms with E-state index in [4.69, 9.17) is 4.74 Å². The van der Waals surface area contributed by atoms with Gasteiger partial charge >= 0.3 is 17.3 Å². The lowest BCUT2D eigenvalue weighted by atomic mass is 10.1. The number of nitro benzene ring substituents is 2. The molecule has 2 aromatic carbocycles. The Labute approximate surface area is 173 Å². The standard InChI is InChI=1S/C18H16F2N4O7/c1-3-30-18(25)9-31-17-7-14(15(23(26)27)8-16(17)24(28)29)22-21-10(2)11-4-5-12(19)13(20)6-11/h4-8,22H,3,9H2,1-2H3/b21-10-. The maximum absolute atomic E-state index is 13.4. The smallest absolute Gasteiger partial charge is 0.344 e. The summed E-state index contributed by atoms with van der Waals surface area (Å²) in [5.41, 5.74) is 0.947. The summed E-state index contributed by atoms with van der Waals surface area (Å²) in [7, 11) is 0. The normalized spacial score (nSPS) is 11.0. The van der Waals surface area contributed by atoms with Crippen molar-refractivity contribution in [1.29, 1.82) is 0 Å². The molecule has 0 heterocycles. The van der Waals surface area contributed by atoms with Gasteiger partial charge in [0.25, 0.3) is 0 Å². The third-order valence-corrected chi connectivity index (χ3v) is 3.80. The number of rotatable bonds is 9. The fourth-order valence-electron chi connectivity index (χ4n) is 2.33. The van der Waals surface area contributed by atoms with E-state index < -0.39 is 51.2 Å². The fourth-order valence-corrected chi connectivity index (χ4v) is 2.33. The first-order valence-corrected chi connectivity index (χ1v) is 8.65. The van der Waals surface area contributed by atoms with Crippen LogP contribution in [0.25, 0.3) is 0 Å². The Hall–Kier alpha value is -4.16. The van der Waals surface area contributed by atoms with E-state index in [-0.39, 0.29) is 23.6 Å². The number of hydrazone groups is 1. The van der Waals surface area contributed by atoms with Crippen LogP contribution in [0.15, 0.2) is 35.4 Å². The van der Waals surface area contributed by atoms with Crippen LogP contribution in [0.1, 0.15) is 19.4 Å². The monoisotopic (exact) mass is 438 g/mol. The number of ether oxygens (including phenoxy) is 2. The van der Waals surface area contributed by atoms with Gasteiger partial charge in [0, 0.05) is 11.6 Å². The van der Waals surface area contributed by atoms with Gasteiger partial charge < -0.3 is 9.47 Å². The van der Waals surface area contributed by atoms with Crippen LogP contribution in [0, 0.1) is 31.9 Å². The molecule has 0 aliphatic carbocycles. The summed E-state index contributed by atoms with van der Waals surface area (Å²) in [6, 6.07) is 4.59. The third-order valence-electron chi connectivity index (χ3n) is 3.80. The van der Waals surface area contributed by atoms with Crippen molar-refractivity contribution in [3.8, 4) is 5.75 Å². The molecule has 0 spiro atoms. The van der Waals surface area contributed by atoms with E-state index in [2.05, 4.69) is 15.3 Å². The van der Waals surface area contributed by atoms with E-state index in [0.29, 0.717) is 6.07 Å². The summed E-state index contributed by atoms with van der Waals surface area (Å²) >= 11 is 0. The van der Waals surface area contributed by atoms with E-state index in [1.165, 1.54) is 13.0 Å². The predicted octanol–water partition coefficient (Wildman–Crippen LogP) is 3.56. The van der Waals surface area contributed by atoms with Crippen molar-refractivity contribution in [2.75, 3.05) is 18.6 Å². The van der Waals surface area contributed by atoms with Crippen LogP contribution < -0.4 is 10.2 Å². The van der Waals surface area contributed by atoms with Crippen molar-refractivity contribution in [1.82, 2.24) is 0 Å². The minimum atomic E-state index is -1.11. The van der Waals surface area contributed by atoms with Crippen molar-refractivity contribution < 1.29 is 32.9 Å². The predicted molar refractivity (Wildman–Crippen MR) is 104 cm³/mol. The fraction of sp³-hybridized carbons (Fsp3) is 0.222. The van der Waals surface area contributed by atoms with Gasteiger partial charge in [-0.2, -0.15) is 5.10 Å². The average Bonchev–Trinajstić information content (AvgIpc) is 2.72. The van der Waals surface area contributed by atoms with E-state index in [9.17, 15) is 33.8 Å². The number of nitrogens with zero attached hydrogens (tertiary/aromatic N) is 3. The molecule has 0 unspecified atom stereocenters. The number of esters is 1. The van der Waals surface area contributed by atoms with E-state index >= 15 is 0 Å². The number of benzene rings is 2. The third kappa shape index (κ3) is 5.91. The lowest BCUT2D eigenvalue weighted by molar-refractivity contribution is -0.394. The van der Waals surface area contributed by atoms with E-state index in [0.717, 1.165) is 18.2 Å².